The van der Waals surface area contributed by atoms with Crippen LogP contribution in [0.5, 0.6) is 0 Å². The third-order valence-corrected chi connectivity index (χ3v) is 3.32. The molecule has 1 aromatic rings. The average molecular weight is 302 g/mol. The van der Waals surface area contributed by atoms with Crippen molar-refractivity contribution in [1.29, 1.82) is 0 Å². The minimum Gasteiger partial charge on any atom is -0.375 e. The van der Waals surface area contributed by atoms with Crippen molar-refractivity contribution in [1.82, 2.24) is 10.6 Å². The molecule has 0 bridgehead atoms. The van der Waals surface area contributed by atoms with E-state index in [0.717, 1.165) is 12.1 Å². The second-order valence-electron chi connectivity index (χ2n) is 4.92. The van der Waals surface area contributed by atoms with Crippen molar-refractivity contribution in [2.24, 2.45) is 0 Å². The first-order valence-electron chi connectivity index (χ1n) is 6.67. The molecule has 0 spiro atoms. The Bertz CT molecular complexity index is 505. The summed E-state index contributed by atoms with van der Waals surface area (Å²) >= 11 is 0. The van der Waals surface area contributed by atoms with Crippen LogP contribution in [0, 0.1) is 0 Å². The quantitative estimate of drug-likeness (QED) is 0.893. The van der Waals surface area contributed by atoms with Gasteiger partial charge in [-0.05, 0) is 24.6 Å². The van der Waals surface area contributed by atoms with Crippen molar-refractivity contribution in [3.8, 4) is 0 Å². The number of alkyl halides is 3. The molecule has 2 N–H and O–H groups in total. The first kappa shape index (κ1) is 15.8. The van der Waals surface area contributed by atoms with Crippen LogP contribution in [0.1, 0.15) is 18.1 Å². The Morgan fingerprint density at radius 3 is 2.90 bits per heavy atom. The number of halogens is 3. The van der Waals surface area contributed by atoms with E-state index >= 15 is 0 Å². The highest BCUT2D eigenvalue weighted by Gasteiger charge is 2.31. The normalized spacial score (nSPS) is 22.9. The number of carbonyl (C=O) groups excluding carboxylic acids is 1. The Morgan fingerprint density at radius 2 is 2.24 bits per heavy atom. The Hall–Kier alpha value is -1.60. The molecule has 0 aliphatic carbocycles. The molecule has 0 saturated carbocycles. The number of hydrogen-bond donors (Lipinski definition) is 2. The van der Waals surface area contributed by atoms with Gasteiger partial charge in [-0.2, -0.15) is 13.2 Å². The molecule has 1 aliphatic heterocycles. The van der Waals surface area contributed by atoms with Crippen molar-refractivity contribution in [3.63, 3.8) is 0 Å². The number of rotatable bonds is 3. The van der Waals surface area contributed by atoms with E-state index in [1.165, 1.54) is 6.07 Å². The maximum absolute atomic E-state index is 12.6. The van der Waals surface area contributed by atoms with E-state index in [4.69, 9.17) is 4.74 Å². The van der Waals surface area contributed by atoms with Crippen molar-refractivity contribution < 1.29 is 22.7 Å². The lowest BCUT2D eigenvalue weighted by atomic mass is 10.1. The Morgan fingerprint density at radius 1 is 1.48 bits per heavy atom. The van der Waals surface area contributed by atoms with Crippen LogP contribution in [-0.2, 0) is 22.3 Å². The summed E-state index contributed by atoms with van der Waals surface area (Å²) < 4.78 is 43.1. The summed E-state index contributed by atoms with van der Waals surface area (Å²) in [6, 6.07) is 4.43. The van der Waals surface area contributed by atoms with Crippen LogP contribution in [0.25, 0.3) is 0 Å². The number of nitrogens with one attached hydrogen (secondary N) is 2. The fraction of sp³-hybridized carbons (Fsp3) is 0.500. The lowest BCUT2D eigenvalue weighted by Gasteiger charge is -2.29. The highest BCUT2D eigenvalue weighted by atomic mass is 19.4. The predicted octanol–water partition coefficient (Wildman–Crippen LogP) is 1.70. The van der Waals surface area contributed by atoms with Crippen LogP contribution in [-0.4, -0.2) is 31.2 Å². The van der Waals surface area contributed by atoms with Crippen LogP contribution in [0.4, 0.5) is 13.2 Å². The molecule has 7 heteroatoms. The lowest BCUT2D eigenvalue weighted by molar-refractivity contribution is -0.137. The first-order chi connectivity index (χ1) is 9.88. The molecular weight excluding hydrogens is 285 g/mol. The largest absolute Gasteiger partial charge is 0.416 e. The van der Waals surface area contributed by atoms with Gasteiger partial charge < -0.3 is 15.4 Å². The Balaban J connectivity index is 1.95. The van der Waals surface area contributed by atoms with Gasteiger partial charge in [-0.15, -0.1) is 0 Å². The van der Waals surface area contributed by atoms with Crippen molar-refractivity contribution >= 4 is 5.91 Å². The van der Waals surface area contributed by atoms with Gasteiger partial charge in [0.1, 0.15) is 6.04 Å². The second-order valence-corrected chi connectivity index (χ2v) is 4.92. The third-order valence-electron chi connectivity index (χ3n) is 3.32. The van der Waals surface area contributed by atoms with Crippen LogP contribution in [0.15, 0.2) is 24.3 Å². The molecular formula is C14H17F3N2O2. The summed E-state index contributed by atoms with van der Waals surface area (Å²) in [7, 11) is 0. The highest BCUT2D eigenvalue weighted by molar-refractivity contribution is 5.82. The Labute approximate surface area is 120 Å². The van der Waals surface area contributed by atoms with Gasteiger partial charge in [0, 0.05) is 13.1 Å². The summed E-state index contributed by atoms with van der Waals surface area (Å²) in [5.74, 6) is -0.278. The fourth-order valence-electron chi connectivity index (χ4n) is 2.18. The molecule has 1 aliphatic rings. The predicted molar refractivity (Wildman–Crippen MR) is 70.5 cm³/mol. The van der Waals surface area contributed by atoms with E-state index in [1.54, 1.807) is 13.0 Å². The molecule has 1 amide bonds. The SMILES string of the molecule is C[C@H]1OCCN[C@@H]1C(=O)NCc1cccc(C(F)(F)F)c1. The maximum atomic E-state index is 12.6. The zero-order valence-electron chi connectivity index (χ0n) is 11.5. The minimum atomic E-state index is -4.38. The van der Waals surface area contributed by atoms with E-state index in [9.17, 15) is 18.0 Å². The number of carbonyl (C=O) groups is 1. The fourth-order valence-corrected chi connectivity index (χ4v) is 2.18. The zero-order valence-corrected chi connectivity index (χ0v) is 11.5. The summed E-state index contributed by atoms with van der Waals surface area (Å²) in [4.78, 5) is 12.0. The molecule has 2 atom stereocenters. The monoisotopic (exact) mass is 302 g/mol. The standard InChI is InChI=1S/C14H17F3N2O2/c1-9-12(18-5-6-21-9)13(20)19-8-10-3-2-4-11(7-10)14(15,16)17/h2-4,7,9,12,18H,5-6,8H2,1H3,(H,19,20)/t9-,12+/m1/s1. The third kappa shape index (κ3) is 4.18. The van der Waals surface area contributed by atoms with Crippen LogP contribution < -0.4 is 10.6 Å². The second kappa shape index (κ2) is 6.44. The van der Waals surface area contributed by atoms with Gasteiger partial charge in [0.05, 0.1) is 18.3 Å². The van der Waals surface area contributed by atoms with Crippen LogP contribution in [0.3, 0.4) is 0 Å². The van der Waals surface area contributed by atoms with E-state index < -0.39 is 17.8 Å². The summed E-state index contributed by atoms with van der Waals surface area (Å²) in [6.45, 7) is 2.94. The smallest absolute Gasteiger partial charge is 0.375 e. The lowest BCUT2D eigenvalue weighted by Crippen LogP contribution is -2.55. The number of hydrogen-bond acceptors (Lipinski definition) is 3. The molecule has 116 valence electrons. The van der Waals surface area contributed by atoms with Gasteiger partial charge in [0.15, 0.2) is 0 Å². The summed E-state index contributed by atoms with van der Waals surface area (Å²) in [6.07, 6.45) is -4.65. The summed E-state index contributed by atoms with van der Waals surface area (Å²) in [5, 5.41) is 5.65. The van der Waals surface area contributed by atoms with Gasteiger partial charge in [-0.25, -0.2) is 0 Å². The zero-order chi connectivity index (χ0) is 15.5. The molecule has 1 fully saturated rings. The van der Waals surface area contributed by atoms with Gasteiger partial charge in [0.2, 0.25) is 5.91 Å². The van der Waals surface area contributed by atoms with Gasteiger partial charge in [-0.3, -0.25) is 4.79 Å². The summed E-state index contributed by atoms with van der Waals surface area (Å²) in [5.41, 5.74) is -0.315. The molecule has 0 unspecified atom stereocenters. The van der Waals surface area contributed by atoms with Crippen molar-refractivity contribution in [2.45, 2.75) is 31.8 Å². The number of ether oxygens (including phenoxy) is 1. The molecule has 4 nitrogen and oxygen atoms in total. The van der Waals surface area contributed by atoms with Crippen LogP contribution in [0.2, 0.25) is 0 Å². The van der Waals surface area contributed by atoms with E-state index in [0.29, 0.717) is 18.7 Å². The molecule has 1 aromatic carbocycles. The van der Waals surface area contributed by atoms with Gasteiger partial charge in [0.25, 0.3) is 0 Å². The number of amides is 1. The average Bonchev–Trinajstić information content (AvgIpc) is 2.45. The number of morpholine rings is 1. The highest BCUT2D eigenvalue weighted by Crippen LogP contribution is 2.29. The number of benzene rings is 1. The maximum Gasteiger partial charge on any atom is 0.416 e. The molecule has 1 heterocycles. The van der Waals surface area contributed by atoms with Crippen molar-refractivity contribution in [3.05, 3.63) is 35.4 Å². The van der Waals surface area contributed by atoms with E-state index in [2.05, 4.69) is 10.6 Å². The molecule has 0 radical (unpaired) electrons. The molecule has 21 heavy (non-hydrogen) atoms. The Kier molecular flexibility index (Phi) is 4.84. The van der Waals surface area contributed by atoms with E-state index in [1.807, 2.05) is 0 Å². The van der Waals surface area contributed by atoms with Gasteiger partial charge in [-0.1, -0.05) is 12.1 Å². The van der Waals surface area contributed by atoms with Gasteiger partial charge >= 0.3 is 6.18 Å². The molecule has 1 saturated heterocycles. The molecule has 0 aromatic heterocycles. The van der Waals surface area contributed by atoms with Crippen molar-refractivity contribution in [2.75, 3.05) is 13.2 Å². The van der Waals surface area contributed by atoms with E-state index in [-0.39, 0.29) is 18.6 Å². The molecule has 2 rings (SSSR count). The first-order valence-corrected chi connectivity index (χ1v) is 6.67. The van der Waals surface area contributed by atoms with Crippen LogP contribution >= 0.6 is 0 Å². The minimum absolute atomic E-state index is 0.0493. The topological polar surface area (TPSA) is 50.4 Å².